The molecule has 0 bridgehead atoms. The molecule has 2 aromatic rings. The van der Waals surface area contributed by atoms with Crippen molar-refractivity contribution in [3.8, 4) is 0 Å². The number of carbonyl (C=O) groups is 1. The summed E-state index contributed by atoms with van der Waals surface area (Å²) >= 11 is 0. The minimum absolute atomic E-state index is 0.0615. The molecule has 0 saturated heterocycles. The van der Waals surface area contributed by atoms with Crippen LogP contribution in [0.5, 0.6) is 0 Å². The van der Waals surface area contributed by atoms with E-state index >= 15 is 0 Å². The lowest BCUT2D eigenvalue weighted by Gasteiger charge is -2.35. The van der Waals surface area contributed by atoms with Crippen LogP contribution in [0.15, 0.2) is 72.0 Å². The van der Waals surface area contributed by atoms with Crippen LogP contribution < -0.4 is 0 Å². The summed E-state index contributed by atoms with van der Waals surface area (Å²) in [4.78, 5) is 15.1. The fraction of sp³-hybridized carbons (Fsp3) is 0.375. The van der Waals surface area contributed by atoms with Crippen LogP contribution in [-0.4, -0.2) is 26.2 Å². The van der Waals surface area contributed by atoms with Crippen molar-refractivity contribution < 1.29 is 9.22 Å². The summed E-state index contributed by atoms with van der Waals surface area (Å²) in [6, 6.07) is 20.3. The molecule has 0 aliphatic heterocycles. The minimum atomic E-state index is -1.91. The third-order valence-corrected chi connectivity index (χ3v) is 10.3. The molecule has 0 unspecified atom stereocenters. The van der Waals surface area contributed by atoms with Gasteiger partial charge in [-0.3, -0.25) is 4.79 Å². The Labute approximate surface area is 170 Å². The van der Waals surface area contributed by atoms with Crippen molar-refractivity contribution in [3.05, 3.63) is 83.1 Å². The monoisotopic (exact) mass is 393 g/mol. The molecule has 3 rings (SSSR count). The van der Waals surface area contributed by atoms with Crippen LogP contribution >= 0.6 is 0 Å². The maximum Gasteiger partial charge on any atom is 0.254 e. The number of rotatable bonds is 6. The molecular formula is C24H31NO2Si. The molecule has 0 spiro atoms. The number of likely N-dealkylation sites (N-methyl/N-ethyl adjacent to an activating group) is 1. The smallest absolute Gasteiger partial charge is 0.254 e. The Morgan fingerprint density at radius 3 is 1.86 bits per heavy atom. The van der Waals surface area contributed by atoms with Crippen LogP contribution in [-0.2, 0) is 9.22 Å². The molecule has 4 heteroatoms. The van der Waals surface area contributed by atoms with Crippen LogP contribution in [0.25, 0.3) is 0 Å². The van der Waals surface area contributed by atoms with Crippen molar-refractivity contribution in [3.63, 3.8) is 0 Å². The van der Waals surface area contributed by atoms with Gasteiger partial charge in [0.25, 0.3) is 5.91 Å². The molecule has 0 N–H and O–H groups in total. The van der Waals surface area contributed by atoms with Crippen LogP contribution in [0.2, 0.25) is 18.1 Å². The Morgan fingerprint density at radius 2 is 1.43 bits per heavy atom. The molecule has 0 atom stereocenters. The molecule has 1 aliphatic rings. The van der Waals surface area contributed by atoms with Gasteiger partial charge in [-0.15, -0.1) is 0 Å². The molecule has 28 heavy (non-hydrogen) atoms. The SMILES string of the molecule is CN(C(=O)C1=C(O[Si](C)(C)C(C)(C)C)C1)C(c1ccccc1)c1ccccc1. The van der Waals surface area contributed by atoms with Crippen LogP contribution in [0.3, 0.4) is 0 Å². The Balaban J connectivity index is 1.85. The van der Waals surface area contributed by atoms with Gasteiger partial charge in [-0.05, 0) is 29.3 Å². The number of benzene rings is 2. The van der Waals surface area contributed by atoms with Crippen molar-refractivity contribution in [2.24, 2.45) is 0 Å². The van der Waals surface area contributed by atoms with Crippen molar-refractivity contribution in [1.82, 2.24) is 4.90 Å². The summed E-state index contributed by atoms with van der Waals surface area (Å²) in [5.74, 6) is 0.953. The van der Waals surface area contributed by atoms with Crippen LogP contribution in [0.4, 0.5) is 0 Å². The fourth-order valence-corrected chi connectivity index (χ4v) is 4.23. The van der Waals surface area contributed by atoms with Crippen LogP contribution in [0.1, 0.15) is 44.4 Å². The average molecular weight is 394 g/mol. The first-order chi connectivity index (χ1) is 13.1. The first-order valence-corrected chi connectivity index (χ1v) is 12.8. The van der Waals surface area contributed by atoms with Gasteiger partial charge < -0.3 is 9.33 Å². The number of nitrogens with zero attached hydrogens (tertiary/aromatic N) is 1. The normalized spacial score (nSPS) is 14.2. The zero-order valence-electron chi connectivity index (χ0n) is 17.8. The largest absolute Gasteiger partial charge is 0.546 e. The van der Waals surface area contributed by atoms with Gasteiger partial charge in [0.2, 0.25) is 8.32 Å². The maximum atomic E-state index is 13.2. The topological polar surface area (TPSA) is 29.5 Å². The first kappa shape index (κ1) is 20.4. The second-order valence-electron chi connectivity index (χ2n) is 9.08. The molecule has 0 radical (unpaired) electrons. The van der Waals surface area contributed by atoms with E-state index in [-0.39, 0.29) is 17.0 Å². The van der Waals surface area contributed by atoms with E-state index < -0.39 is 8.32 Å². The molecular weight excluding hydrogens is 362 g/mol. The van der Waals surface area contributed by atoms with Gasteiger partial charge in [0.05, 0.1) is 17.4 Å². The summed E-state index contributed by atoms with van der Waals surface area (Å²) in [6.45, 7) is 11.1. The summed E-state index contributed by atoms with van der Waals surface area (Å²) in [5.41, 5.74) is 3.04. The van der Waals surface area contributed by atoms with Gasteiger partial charge in [-0.1, -0.05) is 81.4 Å². The van der Waals surface area contributed by atoms with Crippen molar-refractivity contribution in [1.29, 1.82) is 0 Å². The molecule has 1 amide bonds. The zero-order valence-corrected chi connectivity index (χ0v) is 18.8. The lowest BCUT2D eigenvalue weighted by Crippen LogP contribution is -2.39. The molecule has 3 nitrogen and oxygen atoms in total. The molecule has 0 aromatic heterocycles. The van der Waals surface area contributed by atoms with Gasteiger partial charge in [-0.25, -0.2) is 0 Å². The number of amides is 1. The Kier molecular flexibility index (Phi) is 5.53. The summed E-state index contributed by atoms with van der Waals surface area (Å²) < 4.78 is 6.36. The van der Waals surface area contributed by atoms with E-state index in [0.717, 1.165) is 22.5 Å². The van der Waals surface area contributed by atoms with Crippen molar-refractivity contribution >= 4 is 14.2 Å². The number of carbonyl (C=O) groups excluding carboxylic acids is 1. The molecule has 0 fully saturated rings. The predicted octanol–water partition coefficient (Wildman–Crippen LogP) is 5.91. The van der Waals surface area contributed by atoms with Crippen molar-refractivity contribution in [2.45, 2.75) is 51.4 Å². The standard InChI is InChI=1S/C24H31NO2Si/c1-24(2,3)28(5,6)27-21-17-20(21)23(26)25(4)22(18-13-9-7-10-14-18)19-15-11-8-12-16-19/h7-16,22H,17H2,1-6H3. The van der Waals surface area contributed by atoms with E-state index in [2.05, 4.69) is 58.1 Å². The van der Waals surface area contributed by atoms with E-state index in [4.69, 9.17) is 4.43 Å². The highest BCUT2D eigenvalue weighted by Crippen LogP contribution is 2.44. The highest BCUT2D eigenvalue weighted by molar-refractivity contribution is 6.74. The third kappa shape index (κ3) is 4.22. The molecule has 2 aromatic carbocycles. The third-order valence-electron chi connectivity index (χ3n) is 5.93. The number of hydrogen-bond donors (Lipinski definition) is 0. The number of hydrogen-bond acceptors (Lipinski definition) is 2. The van der Waals surface area contributed by atoms with Gasteiger partial charge >= 0.3 is 0 Å². The molecule has 0 heterocycles. The van der Waals surface area contributed by atoms with Gasteiger partial charge in [0, 0.05) is 13.5 Å². The number of allylic oxidation sites excluding steroid dienone is 1. The van der Waals surface area contributed by atoms with E-state index in [1.165, 1.54) is 0 Å². The minimum Gasteiger partial charge on any atom is -0.546 e. The van der Waals surface area contributed by atoms with Gasteiger partial charge in [0.1, 0.15) is 0 Å². The molecule has 0 saturated carbocycles. The van der Waals surface area contributed by atoms with Gasteiger partial charge in [0.15, 0.2) is 0 Å². The second kappa shape index (κ2) is 7.59. The summed E-state index contributed by atoms with van der Waals surface area (Å²) in [6.07, 6.45) is 0.673. The lowest BCUT2D eigenvalue weighted by atomic mass is 9.97. The summed E-state index contributed by atoms with van der Waals surface area (Å²) in [7, 11) is -0.0204. The van der Waals surface area contributed by atoms with Gasteiger partial charge in [-0.2, -0.15) is 0 Å². The predicted molar refractivity (Wildman–Crippen MR) is 117 cm³/mol. The average Bonchev–Trinajstić information content (AvgIpc) is 3.40. The van der Waals surface area contributed by atoms with E-state index in [9.17, 15) is 4.79 Å². The quantitative estimate of drug-likeness (QED) is 0.571. The van der Waals surface area contributed by atoms with Crippen molar-refractivity contribution in [2.75, 3.05) is 7.05 Å². The molecule has 148 valence electrons. The Bertz CT molecular complexity index is 827. The fourth-order valence-electron chi connectivity index (χ4n) is 3.11. The molecule has 1 aliphatic carbocycles. The van der Waals surface area contributed by atoms with E-state index in [0.29, 0.717) is 6.42 Å². The van der Waals surface area contributed by atoms with E-state index in [1.54, 1.807) is 0 Å². The Hall–Kier alpha value is -2.33. The zero-order chi connectivity index (χ0) is 20.5. The first-order valence-electron chi connectivity index (χ1n) is 9.90. The second-order valence-corrected chi connectivity index (χ2v) is 13.8. The highest BCUT2D eigenvalue weighted by Gasteiger charge is 2.44. The Morgan fingerprint density at radius 1 is 0.964 bits per heavy atom. The van der Waals surface area contributed by atoms with E-state index in [1.807, 2.05) is 48.3 Å². The summed E-state index contributed by atoms with van der Waals surface area (Å²) in [5, 5.41) is 0.124. The van der Waals surface area contributed by atoms with Crippen LogP contribution in [0, 0.1) is 0 Å². The lowest BCUT2D eigenvalue weighted by molar-refractivity contribution is -0.127. The maximum absolute atomic E-state index is 13.2. The highest BCUT2D eigenvalue weighted by atomic mass is 28.4.